The third-order valence-corrected chi connectivity index (χ3v) is 15.0. The van der Waals surface area contributed by atoms with Gasteiger partial charge < -0.3 is 8.98 Å². The maximum absolute atomic E-state index is 6.48. The Hall–Kier alpha value is -8.93. The maximum atomic E-state index is 6.48. The van der Waals surface area contributed by atoms with Gasteiger partial charge in [-0.05, 0) is 92.8 Å². The molecule has 3 aromatic heterocycles. The second-order valence-corrected chi connectivity index (χ2v) is 18.5. The number of aromatic nitrogens is 4. The third kappa shape index (κ3) is 5.38. The molecular formula is C64H40N4O. The first-order chi connectivity index (χ1) is 34.2. The lowest BCUT2D eigenvalue weighted by molar-refractivity contribution is 0.669. The van der Waals surface area contributed by atoms with Crippen molar-refractivity contribution in [1.82, 2.24) is 19.5 Å². The van der Waals surface area contributed by atoms with Crippen molar-refractivity contribution in [3.05, 3.63) is 252 Å². The molecule has 4 heterocycles. The van der Waals surface area contributed by atoms with Crippen LogP contribution in [0.5, 0.6) is 0 Å². The van der Waals surface area contributed by atoms with Gasteiger partial charge in [0, 0.05) is 38.2 Å². The number of furan rings is 1. The van der Waals surface area contributed by atoms with E-state index in [1.807, 2.05) is 18.2 Å². The quantitative estimate of drug-likeness (QED) is 0.173. The summed E-state index contributed by atoms with van der Waals surface area (Å²) in [6.45, 7) is 0. The molecule has 0 amide bonds. The molecule has 15 rings (SSSR count). The van der Waals surface area contributed by atoms with E-state index in [9.17, 15) is 0 Å². The highest BCUT2D eigenvalue weighted by atomic mass is 16.3. The Morgan fingerprint density at radius 2 is 1.00 bits per heavy atom. The van der Waals surface area contributed by atoms with Crippen molar-refractivity contribution in [2.75, 3.05) is 0 Å². The van der Waals surface area contributed by atoms with Gasteiger partial charge >= 0.3 is 0 Å². The van der Waals surface area contributed by atoms with Crippen molar-refractivity contribution in [3.63, 3.8) is 0 Å². The Morgan fingerprint density at radius 1 is 0.420 bits per heavy atom. The molecule has 0 saturated heterocycles. The number of allylic oxidation sites excluding steroid dienone is 4. The Morgan fingerprint density at radius 3 is 1.84 bits per heavy atom. The number of hydrogen-bond donors (Lipinski definition) is 0. The monoisotopic (exact) mass is 880 g/mol. The van der Waals surface area contributed by atoms with E-state index >= 15 is 0 Å². The van der Waals surface area contributed by atoms with E-state index in [4.69, 9.17) is 19.4 Å². The van der Waals surface area contributed by atoms with Crippen molar-refractivity contribution >= 4 is 54.9 Å². The first-order valence-corrected chi connectivity index (χ1v) is 23.8. The third-order valence-electron chi connectivity index (χ3n) is 15.0. The number of fused-ring (bicyclic) bond motifs is 14. The minimum Gasteiger partial charge on any atom is -0.456 e. The van der Waals surface area contributed by atoms with Crippen LogP contribution < -0.4 is 0 Å². The SMILES string of the molecule is C1=C(c2cccc3oc4ccccc4c23)CCC2=C1c1c(-c3nc(-c4ccccc4)nc(-c4ccc(-c5ccccc5)cc4)n3)cccc1C21c2ccccc2-n2c3ccccc3c3cccc1c32. The van der Waals surface area contributed by atoms with Crippen LogP contribution in [0.3, 0.4) is 0 Å². The molecule has 0 radical (unpaired) electrons. The fourth-order valence-electron chi connectivity index (χ4n) is 12.2. The molecule has 3 aliphatic rings. The summed E-state index contributed by atoms with van der Waals surface area (Å²) in [5, 5.41) is 4.82. The van der Waals surface area contributed by atoms with Gasteiger partial charge in [-0.2, -0.15) is 0 Å². The smallest absolute Gasteiger partial charge is 0.164 e. The van der Waals surface area contributed by atoms with E-state index in [1.165, 1.54) is 77.6 Å². The number of para-hydroxylation sites is 4. The largest absolute Gasteiger partial charge is 0.456 e. The van der Waals surface area contributed by atoms with Crippen LogP contribution >= 0.6 is 0 Å². The van der Waals surface area contributed by atoms with Gasteiger partial charge in [0.05, 0.1) is 22.1 Å². The molecule has 1 spiro atoms. The summed E-state index contributed by atoms with van der Waals surface area (Å²) >= 11 is 0. The van der Waals surface area contributed by atoms with Crippen LogP contribution in [0, 0.1) is 0 Å². The van der Waals surface area contributed by atoms with E-state index in [-0.39, 0.29) is 0 Å². The van der Waals surface area contributed by atoms with Gasteiger partial charge in [-0.25, -0.2) is 15.0 Å². The van der Waals surface area contributed by atoms with Crippen LogP contribution in [0.15, 0.2) is 228 Å². The molecule has 0 N–H and O–H groups in total. The lowest BCUT2D eigenvalue weighted by Crippen LogP contribution is -2.35. The molecule has 69 heavy (non-hydrogen) atoms. The fourth-order valence-corrected chi connectivity index (χ4v) is 12.2. The number of nitrogens with zero attached hydrogens (tertiary/aromatic N) is 4. The molecule has 0 bridgehead atoms. The second-order valence-electron chi connectivity index (χ2n) is 18.5. The molecule has 5 nitrogen and oxygen atoms in total. The summed E-state index contributed by atoms with van der Waals surface area (Å²) in [5.41, 5.74) is 20.2. The summed E-state index contributed by atoms with van der Waals surface area (Å²) in [5.74, 6) is 1.92. The average Bonchev–Trinajstić information content (AvgIpc) is 4.08. The van der Waals surface area contributed by atoms with Crippen molar-refractivity contribution in [2.45, 2.75) is 18.3 Å². The molecule has 2 aliphatic carbocycles. The van der Waals surface area contributed by atoms with Crippen LogP contribution in [0.4, 0.5) is 0 Å². The standard InChI is InChI=1S/C64H40N4O/c1-3-16-39(17-4-1)40-32-34-42(35-33-40)62-65-61(41-18-5-2-6-19-41)66-63(67-62)48-24-14-26-52-58(48)49-38-43(44-22-15-31-57-59(44)47-21-8-12-30-56(47)69-57)36-37-50(49)64(52)51-25-9-11-29-55(51)68-54-28-10-7-20-45(54)46-23-13-27-53(64)60(46)68/h1-35,38H,36-37H2. The first kappa shape index (κ1) is 38.2. The van der Waals surface area contributed by atoms with Gasteiger partial charge in [0.2, 0.25) is 0 Å². The Kier molecular flexibility index (Phi) is 8.05. The summed E-state index contributed by atoms with van der Waals surface area (Å²) in [6.07, 6.45) is 4.23. The van der Waals surface area contributed by atoms with Crippen LogP contribution in [0.25, 0.3) is 106 Å². The predicted octanol–water partition coefficient (Wildman–Crippen LogP) is 15.8. The topological polar surface area (TPSA) is 56.7 Å². The minimum atomic E-state index is -0.594. The summed E-state index contributed by atoms with van der Waals surface area (Å²) in [7, 11) is 0. The van der Waals surface area contributed by atoms with Gasteiger partial charge in [0.15, 0.2) is 17.5 Å². The van der Waals surface area contributed by atoms with Crippen LogP contribution in [0.1, 0.15) is 40.7 Å². The fraction of sp³-hybridized carbons (Fsp3) is 0.0469. The maximum Gasteiger partial charge on any atom is 0.164 e. The van der Waals surface area contributed by atoms with Gasteiger partial charge in [-0.1, -0.05) is 194 Å². The zero-order chi connectivity index (χ0) is 45.2. The summed E-state index contributed by atoms with van der Waals surface area (Å²) in [4.78, 5) is 16.1. The Balaban J connectivity index is 1.03. The Labute approximate surface area is 398 Å². The van der Waals surface area contributed by atoms with E-state index in [1.54, 1.807) is 0 Å². The van der Waals surface area contributed by atoms with Crippen molar-refractivity contribution in [3.8, 4) is 51.0 Å². The average molecular weight is 881 g/mol. The lowest BCUT2D eigenvalue weighted by atomic mass is 9.63. The zero-order valence-corrected chi connectivity index (χ0v) is 37.4. The van der Waals surface area contributed by atoms with E-state index in [2.05, 4.69) is 205 Å². The molecular weight excluding hydrogens is 841 g/mol. The Bertz CT molecular complexity index is 4180. The number of rotatable bonds is 5. The van der Waals surface area contributed by atoms with Gasteiger partial charge in [0.1, 0.15) is 11.2 Å². The molecule has 322 valence electrons. The van der Waals surface area contributed by atoms with Gasteiger partial charge in [-0.3, -0.25) is 0 Å². The summed E-state index contributed by atoms with van der Waals surface area (Å²) < 4.78 is 9.00. The highest BCUT2D eigenvalue weighted by Crippen LogP contribution is 2.64. The molecule has 1 atom stereocenters. The van der Waals surface area contributed by atoms with Crippen LogP contribution in [0.2, 0.25) is 0 Å². The lowest BCUT2D eigenvalue weighted by Gasteiger charge is -2.41. The summed E-state index contributed by atoms with van der Waals surface area (Å²) in [6, 6.07) is 76.1. The zero-order valence-electron chi connectivity index (χ0n) is 37.4. The van der Waals surface area contributed by atoms with Crippen LogP contribution in [-0.4, -0.2) is 19.5 Å². The number of hydrogen-bond acceptors (Lipinski definition) is 4. The normalized spacial score (nSPS) is 15.8. The van der Waals surface area contributed by atoms with E-state index < -0.39 is 5.41 Å². The molecule has 0 fully saturated rings. The molecule has 5 heteroatoms. The van der Waals surface area contributed by atoms with Crippen LogP contribution in [-0.2, 0) is 5.41 Å². The van der Waals surface area contributed by atoms with Crippen molar-refractivity contribution in [2.24, 2.45) is 0 Å². The molecule has 12 aromatic rings. The van der Waals surface area contributed by atoms with Crippen molar-refractivity contribution < 1.29 is 4.42 Å². The molecule has 1 unspecified atom stereocenters. The molecule has 1 aliphatic heterocycles. The van der Waals surface area contributed by atoms with Gasteiger partial charge in [0.25, 0.3) is 0 Å². The first-order valence-electron chi connectivity index (χ1n) is 23.8. The molecule has 9 aromatic carbocycles. The second kappa shape index (κ2) is 14.5. The highest BCUT2D eigenvalue weighted by Gasteiger charge is 2.53. The number of benzene rings is 9. The minimum absolute atomic E-state index is 0.594. The van der Waals surface area contributed by atoms with E-state index in [0.717, 1.165) is 57.0 Å². The highest BCUT2D eigenvalue weighted by molar-refractivity contribution is 6.15. The van der Waals surface area contributed by atoms with Gasteiger partial charge in [-0.15, -0.1) is 0 Å². The van der Waals surface area contributed by atoms with Crippen molar-refractivity contribution in [1.29, 1.82) is 0 Å². The predicted molar refractivity (Wildman–Crippen MR) is 280 cm³/mol. The van der Waals surface area contributed by atoms with E-state index in [0.29, 0.717) is 17.5 Å². The molecule has 0 saturated carbocycles.